The van der Waals surface area contributed by atoms with E-state index in [9.17, 15) is 13.6 Å². The summed E-state index contributed by atoms with van der Waals surface area (Å²) in [6, 6.07) is 9.57. The first-order valence-electron chi connectivity index (χ1n) is 10.1. The number of carbonyl (C=O) groups is 1. The lowest BCUT2D eigenvalue weighted by Gasteiger charge is -2.25. The van der Waals surface area contributed by atoms with Gasteiger partial charge in [-0.3, -0.25) is 14.8 Å². The summed E-state index contributed by atoms with van der Waals surface area (Å²) in [4.78, 5) is 23.3. The van der Waals surface area contributed by atoms with Gasteiger partial charge in [0.15, 0.2) is 0 Å². The molecule has 8 nitrogen and oxygen atoms in total. The Morgan fingerprint density at radius 1 is 1.06 bits per heavy atom. The fourth-order valence-corrected chi connectivity index (χ4v) is 3.32. The van der Waals surface area contributed by atoms with Crippen LogP contribution >= 0.6 is 0 Å². The third-order valence-corrected chi connectivity index (χ3v) is 4.99. The van der Waals surface area contributed by atoms with E-state index in [0.29, 0.717) is 40.2 Å². The van der Waals surface area contributed by atoms with E-state index >= 15 is 4.39 Å². The van der Waals surface area contributed by atoms with Crippen molar-refractivity contribution in [1.29, 1.82) is 0 Å². The summed E-state index contributed by atoms with van der Waals surface area (Å²) < 4.78 is 45.3. The first kappa shape index (κ1) is 22.9. The van der Waals surface area contributed by atoms with Gasteiger partial charge in [-0.15, -0.1) is 10.2 Å². The molecule has 1 amide bonds. The van der Waals surface area contributed by atoms with Crippen LogP contribution in [-0.4, -0.2) is 40.7 Å². The van der Waals surface area contributed by atoms with Gasteiger partial charge in [-0.2, -0.15) is 8.78 Å². The number of hydrogen-bond donors (Lipinski definition) is 0. The van der Waals surface area contributed by atoms with Crippen molar-refractivity contribution in [2.75, 3.05) is 23.9 Å². The Labute approximate surface area is 192 Å². The lowest BCUT2D eigenvalue weighted by molar-refractivity contribution is -0.107. The number of anilines is 2. The second-order valence-electron chi connectivity index (χ2n) is 7.47. The largest absolute Gasteiger partial charge is 0.415 e. The molecule has 0 saturated heterocycles. The predicted octanol–water partition coefficient (Wildman–Crippen LogP) is 4.50. The molecule has 0 aliphatic rings. The van der Waals surface area contributed by atoms with E-state index in [-0.39, 0.29) is 12.4 Å². The number of halogens is 3. The van der Waals surface area contributed by atoms with Crippen LogP contribution in [0.5, 0.6) is 0 Å². The molecule has 0 unspecified atom stereocenters. The van der Waals surface area contributed by atoms with Crippen molar-refractivity contribution >= 4 is 17.8 Å². The van der Waals surface area contributed by atoms with E-state index in [2.05, 4.69) is 20.2 Å². The van der Waals surface area contributed by atoms with Crippen LogP contribution in [0.4, 0.5) is 24.5 Å². The van der Waals surface area contributed by atoms with Crippen LogP contribution in [0.15, 0.2) is 59.4 Å². The highest BCUT2D eigenvalue weighted by molar-refractivity contribution is 5.87. The van der Waals surface area contributed by atoms with Crippen LogP contribution < -0.4 is 9.80 Å². The van der Waals surface area contributed by atoms with Gasteiger partial charge in [0, 0.05) is 49.9 Å². The zero-order chi connectivity index (χ0) is 24.2. The van der Waals surface area contributed by atoms with Crippen LogP contribution in [0.25, 0.3) is 22.6 Å². The molecule has 0 aliphatic heterocycles. The van der Waals surface area contributed by atoms with Gasteiger partial charge in [0.1, 0.15) is 5.82 Å². The molecule has 0 spiro atoms. The Balaban J connectivity index is 1.62. The summed E-state index contributed by atoms with van der Waals surface area (Å²) >= 11 is 0. The smallest absolute Gasteiger partial charge is 0.314 e. The van der Waals surface area contributed by atoms with Crippen molar-refractivity contribution < 1.29 is 22.4 Å². The van der Waals surface area contributed by atoms with Gasteiger partial charge in [-0.1, -0.05) is 6.07 Å². The van der Waals surface area contributed by atoms with Gasteiger partial charge in [0.25, 0.3) is 5.89 Å². The maximum Gasteiger partial charge on any atom is 0.314 e. The Bertz CT molecular complexity index is 1280. The molecule has 0 bridgehead atoms. The molecule has 11 heteroatoms. The molecular weight excluding hydrogens is 449 g/mol. The Morgan fingerprint density at radius 3 is 2.47 bits per heavy atom. The zero-order valence-corrected chi connectivity index (χ0v) is 18.2. The third kappa shape index (κ3) is 4.72. The van der Waals surface area contributed by atoms with Crippen molar-refractivity contribution in [2.24, 2.45) is 0 Å². The number of carbonyl (C=O) groups excluding carboxylic acids is 1. The molecule has 0 fully saturated rings. The Morgan fingerprint density at radius 2 is 1.88 bits per heavy atom. The molecule has 174 valence electrons. The van der Waals surface area contributed by atoms with Crippen LogP contribution in [0.2, 0.25) is 0 Å². The lowest BCUT2D eigenvalue weighted by Crippen LogP contribution is -2.24. The fourth-order valence-electron chi connectivity index (χ4n) is 3.32. The van der Waals surface area contributed by atoms with Crippen LogP contribution in [-0.2, 0) is 11.3 Å². The van der Waals surface area contributed by atoms with E-state index in [0.717, 1.165) is 0 Å². The monoisotopic (exact) mass is 468 g/mol. The third-order valence-electron chi connectivity index (χ3n) is 4.99. The summed E-state index contributed by atoms with van der Waals surface area (Å²) in [7, 11) is 3.58. The molecule has 4 aromatic rings. The minimum Gasteiger partial charge on any atom is -0.415 e. The molecule has 34 heavy (non-hydrogen) atoms. The first-order valence-corrected chi connectivity index (χ1v) is 10.1. The van der Waals surface area contributed by atoms with Gasteiger partial charge in [0.05, 0.1) is 29.2 Å². The van der Waals surface area contributed by atoms with E-state index in [1.165, 1.54) is 17.2 Å². The van der Waals surface area contributed by atoms with Crippen molar-refractivity contribution in [3.8, 4) is 22.6 Å². The van der Waals surface area contributed by atoms with Gasteiger partial charge >= 0.3 is 6.43 Å². The summed E-state index contributed by atoms with van der Waals surface area (Å²) in [5.41, 5.74) is 2.77. The van der Waals surface area contributed by atoms with Crippen LogP contribution in [0, 0.1) is 5.82 Å². The van der Waals surface area contributed by atoms with E-state index in [1.54, 1.807) is 61.7 Å². The summed E-state index contributed by atoms with van der Waals surface area (Å²) in [6.45, 7) is 0.0441. The number of pyridine rings is 2. The highest BCUT2D eigenvalue weighted by atomic mass is 19.3. The molecule has 4 rings (SSSR count). The number of hydrogen-bond acceptors (Lipinski definition) is 7. The van der Waals surface area contributed by atoms with Gasteiger partial charge in [0.2, 0.25) is 12.3 Å². The van der Waals surface area contributed by atoms with Gasteiger partial charge < -0.3 is 14.2 Å². The normalized spacial score (nSPS) is 11.0. The number of aromatic nitrogens is 4. The fraction of sp³-hybridized carbons (Fsp3) is 0.174. The molecule has 0 saturated carbocycles. The van der Waals surface area contributed by atoms with Crippen molar-refractivity contribution in [3.63, 3.8) is 0 Å². The molecule has 0 radical (unpaired) electrons. The highest BCUT2D eigenvalue weighted by Gasteiger charge is 2.20. The summed E-state index contributed by atoms with van der Waals surface area (Å²) in [5, 5.41) is 6.87. The minimum absolute atomic E-state index is 0.0441. The highest BCUT2D eigenvalue weighted by Crippen LogP contribution is 2.35. The second kappa shape index (κ2) is 9.69. The SMILES string of the molecule is CN(C)c1cc(-c2cccnc2)c(F)cc1N(C=O)Cc1ccc(-c2nnc(C(F)F)o2)cn1. The topological polar surface area (TPSA) is 88.3 Å². The van der Waals surface area contributed by atoms with Gasteiger partial charge in [-0.05, 0) is 24.3 Å². The zero-order valence-electron chi connectivity index (χ0n) is 18.2. The average Bonchev–Trinajstić information content (AvgIpc) is 3.34. The maximum atomic E-state index is 15.0. The minimum atomic E-state index is -2.87. The lowest BCUT2D eigenvalue weighted by atomic mass is 10.0. The Kier molecular flexibility index (Phi) is 6.53. The molecule has 1 aromatic carbocycles. The standard InChI is InChI=1S/C23H19F3N6O2/c1-31(2)19-8-17(14-4-3-7-27-10-14)18(24)9-20(19)32(13-33)12-16-6-5-15(11-28-16)22-29-30-23(34-22)21(25)26/h3-11,13,21H,12H2,1-2H3. The predicted molar refractivity (Wildman–Crippen MR) is 119 cm³/mol. The second-order valence-corrected chi connectivity index (χ2v) is 7.47. The van der Waals surface area contributed by atoms with E-state index in [4.69, 9.17) is 4.42 Å². The maximum absolute atomic E-state index is 15.0. The molecule has 0 aliphatic carbocycles. The number of nitrogens with zero attached hydrogens (tertiary/aromatic N) is 6. The van der Waals surface area contributed by atoms with Gasteiger partial charge in [-0.25, -0.2) is 4.39 Å². The average molecular weight is 468 g/mol. The Hall–Kier alpha value is -4.28. The number of rotatable bonds is 8. The first-order chi connectivity index (χ1) is 16.4. The van der Waals surface area contributed by atoms with Crippen LogP contribution in [0.3, 0.4) is 0 Å². The van der Waals surface area contributed by atoms with Crippen LogP contribution in [0.1, 0.15) is 18.0 Å². The van der Waals surface area contributed by atoms with E-state index in [1.807, 2.05) is 0 Å². The molecule has 3 heterocycles. The van der Waals surface area contributed by atoms with Crippen molar-refractivity contribution in [2.45, 2.75) is 13.0 Å². The number of amides is 1. The quantitative estimate of drug-likeness (QED) is 0.352. The number of alkyl halides is 2. The van der Waals surface area contributed by atoms with E-state index < -0.39 is 18.1 Å². The molecular formula is C23H19F3N6O2. The summed E-state index contributed by atoms with van der Waals surface area (Å²) in [6.07, 6.45) is 2.26. The van der Waals surface area contributed by atoms with Crippen molar-refractivity contribution in [1.82, 2.24) is 20.2 Å². The molecule has 0 N–H and O–H groups in total. The number of benzene rings is 1. The summed E-state index contributed by atoms with van der Waals surface area (Å²) in [5.74, 6) is -1.38. The molecule has 3 aromatic heterocycles. The van der Waals surface area contributed by atoms with Crippen molar-refractivity contribution in [3.05, 3.63) is 72.4 Å². The molecule has 0 atom stereocenters.